The average Bonchev–Trinajstić information content (AvgIpc) is 3.03. The number of rotatable bonds is 3. The zero-order valence-corrected chi connectivity index (χ0v) is 11.8. The first kappa shape index (κ1) is 13.0. The molecule has 0 fully saturated rings. The molecule has 2 aromatic heterocycles. The van der Waals surface area contributed by atoms with E-state index in [4.69, 9.17) is 23.2 Å². The summed E-state index contributed by atoms with van der Waals surface area (Å²) in [6, 6.07) is 6.57. The van der Waals surface area contributed by atoms with Gasteiger partial charge in [-0.25, -0.2) is 9.67 Å². The van der Waals surface area contributed by atoms with Gasteiger partial charge in [0.2, 0.25) is 0 Å². The highest BCUT2D eigenvalue weighted by Crippen LogP contribution is 2.23. The van der Waals surface area contributed by atoms with Gasteiger partial charge in [-0.1, -0.05) is 23.2 Å². The van der Waals surface area contributed by atoms with E-state index in [2.05, 4.69) is 10.1 Å². The topological polar surface area (TPSA) is 55.6 Å². The fourth-order valence-electron chi connectivity index (χ4n) is 1.92. The van der Waals surface area contributed by atoms with Crippen molar-refractivity contribution in [3.8, 4) is 5.69 Å². The van der Waals surface area contributed by atoms with E-state index in [-0.39, 0.29) is 5.56 Å². The number of hydrogen-bond acceptors (Lipinski definition) is 2. The zero-order valence-electron chi connectivity index (χ0n) is 10.3. The minimum Gasteiger partial charge on any atom is -0.332 e. The van der Waals surface area contributed by atoms with Crippen molar-refractivity contribution >= 4 is 23.2 Å². The summed E-state index contributed by atoms with van der Waals surface area (Å²) < 4.78 is 3.29. The molecule has 0 unspecified atom stereocenters. The number of H-pyrrole nitrogens is 1. The lowest BCUT2D eigenvalue weighted by atomic mass is 10.3. The highest BCUT2D eigenvalue weighted by Gasteiger charge is 2.07. The summed E-state index contributed by atoms with van der Waals surface area (Å²) in [5.41, 5.74) is 1.26. The predicted molar refractivity (Wildman–Crippen MR) is 77.7 cm³/mol. The molecule has 0 spiro atoms. The molecule has 5 nitrogen and oxygen atoms in total. The number of benzene rings is 1. The van der Waals surface area contributed by atoms with Gasteiger partial charge in [-0.05, 0) is 18.2 Å². The maximum atomic E-state index is 12.0. The molecule has 1 N–H and O–H groups in total. The molecule has 3 rings (SSSR count). The number of nitrogens with zero attached hydrogens (tertiary/aromatic N) is 3. The monoisotopic (exact) mass is 308 g/mol. The number of imidazole rings is 1. The zero-order chi connectivity index (χ0) is 14.1. The van der Waals surface area contributed by atoms with E-state index in [1.165, 1.54) is 4.68 Å². The molecular weight excluding hydrogens is 299 g/mol. The Balaban J connectivity index is 1.96. The van der Waals surface area contributed by atoms with Crippen LogP contribution in [0.5, 0.6) is 0 Å². The fraction of sp³-hybridized carbons (Fsp3) is 0.0769. The SMILES string of the molecule is O=c1cc(Cn2ccnc2)[nH]n1-c1ccc(Cl)c(Cl)c1. The maximum absolute atomic E-state index is 12.0. The Bertz CT molecular complexity index is 789. The standard InChI is InChI=1S/C13H10Cl2N4O/c14-11-2-1-10(6-12(11)15)19-13(20)5-9(17-19)7-18-4-3-16-8-18/h1-6,8,17H,7H2. The van der Waals surface area contributed by atoms with Gasteiger partial charge < -0.3 is 4.57 Å². The van der Waals surface area contributed by atoms with Gasteiger partial charge in [-0.3, -0.25) is 9.89 Å². The van der Waals surface area contributed by atoms with E-state index >= 15 is 0 Å². The third-order valence-electron chi connectivity index (χ3n) is 2.85. The fourth-order valence-corrected chi connectivity index (χ4v) is 2.21. The molecule has 0 aliphatic carbocycles. The summed E-state index contributed by atoms with van der Waals surface area (Å²) in [5.74, 6) is 0. The summed E-state index contributed by atoms with van der Waals surface area (Å²) in [6.07, 6.45) is 5.21. The molecular formula is C13H10Cl2N4O. The van der Waals surface area contributed by atoms with Crippen LogP contribution in [0.15, 0.2) is 47.8 Å². The van der Waals surface area contributed by atoms with Crippen LogP contribution in [0.25, 0.3) is 5.69 Å². The summed E-state index contributed by atoms with van der Waals surface area (Å²) in [4.78, 5) is 16.0. The highest BCUT2D eigenvalue weighted by molar-refractivity contribution is 6.42. The van der Waals surface area contributed by atoms with Crippen molar-refractivity contribution in [1.29, 1.82) is 0 Å². The Morgan fingerprint density at radius 2 is 2.05 bits per heavy atom. The van der Waals surface area contributed by atoms with E-state index in [9.17, 15) is 4.79 Å². The molecule has 0 saturated heterocycles. The Morgan fingerprint density at radius 3 is 2.75 bits per heavy atom. The number of aromatic amines is 1. The third-order valence-corrected chi connectivity index (χ3v) is 3.59. The lowest BCUT2D eigenvalue weighted by Crippen LogP contribution is -2.13. The van der Waals surface area contributed by atoms with E-state index in [0.717, 1.165) is 5.69 Å². The van der Waals surface area contributed by atoms with E-state index < -0.39 is 0 Å². The largest absolute Gasteiger partial charge is 0.332 e. The van der Waals surface area contributed by atoms with E-state index in [0.29, 0.717) is 22.3 Å². The van der Waals surface area contributed by atoms with E-state index in [1.54, 1.807) is 36.8 Å². The molecule has 102 valence electrons. The second-order valence-corrected chi connectivity index (χ2v) is 5.10. The molecule has 0 saturated carbocycles. The van der Waals surface area contributed by atoms with Gasteiger partial charge in [0.15, 0.2) is 0 Å². The van der Waals surface area contributed by atoms with Gasteiger partial charge in [0.25, 0.3) is 5.56 Å². The van der Waals surface area contributed by atoms with Gasteiger partial charge in [-0.2, -0.15) is 0 Å². The second kappa shape index (κ2) is 5.19. The third kappa shape index (κ3) is 2.50. The van der Waals surface area contributed by atoms with Crippen LogP contribution >= 0.6 is 23.2 Å². The molecule has 7 heteroatoms. The predicted octanol–water partition coefficient (Wildman–Crippen LogP) is 2.72. The molecule has 20 heavy (non-hydrogen) atoms. The molecule has 0 radical (unpaired) electrons. The minimum atomic E-state index is -0.154. The van der Waals surface area contributed by atoms with Crippen molar-refractivity contribution in [3.63, 3.8) is 0 Å². The minimum absolute atomic E-state index is 0.154. The normalized spacial score (nSPS) is 10.9. The summed E-state index contributed by atoms with van der Waals surface area (Å²) >= 11 is 11.8. The van der Waals surface area contributed by atoms with Crippen LogP contribution < -0.4 is 5.56 Å². The maximum Gasteiger partial charge on any atom is 0.271 e. The first-order chi connectivity index (χ1) is 9.63. The lowest BCUT2D eigenvalue weighted by Gasteiger charge is -2.04. The number of nitrogens with one attached hydrogen (secondary N) is 1. The van der Waals surface area contributed by atoms with Crippen molar-refractivity contribution in [1.82, 2.24) is 19.3 Å². The quantitative estimate of drug-likeness (QED) is 0.809. The van der Waals surface area contributed by atoms with Crippen molar-refractivity contribution < 1.29 is 0 Å². The molecule has 0 aliphatic heterocycles. The van der Waals surface area contributed by atoms with Gasteiger partial charge >= 0.3 is 0 Å². The van der Waals surface area contributed by atoms with E-state index in [1.807, 2.05) is 10.8 Å². The van der Waals surface area contributed by atoms with Crippen LogP contribution in [0.1, 0.15) is 5.69 Å². The lowest BCUT2D eigenvalue weighted by molar-refractivity contribution is 0.740. The molecule has 0 bridgehead atoms. The second-order valence-electron chi connectivity index (χ2n) is 4.29. The number of hydrogen-bond donors (Lipinski definition) is 1. The Morgan fingerprint density at radius 1 is 1.20 bits per heavy atom. The first-order valence-corrected chi connectivity index (χ1v) is 6.61. The first-order valence-electron chi connectivity index (χ1n) is 5.85. The Kier molecular flexibility index (Phi) is 3.38. The highest BCUT2D eigenvalue weighted by atomic mass is 35.5. The van der Waals surface area contributed by atoms with Crippen LogP contribution in [-0.4, -0.2) is 19.3 Å². The van der Waals surface area contributed by atoms with Crippen molar-refractivity contribution in [2.24, 2.45) is 0 Å². The summed E-state index contributed by atoms with van der Waals surface area (Å²) in [6.45, 7) is 0.545. The van der Waals surface area contributed by atoms with Crippen molar-refractivity contribution in [2.45, 2.75) is 6.54 Å². The number of halogens is 2. The van der Waals surface area contributed by atoms with Crippen LogP contribution in [-0.2, 0) is 6.54 Å². The molecule has 0 atom stereocenters. The van der Waals surface area contributed by atoms with Gasteiger partial charge in [0.1, 0.15) is 0 Å². The Labute approximate surface area is 124 Å². The number of aromatic nitrogens is 4. The molecule has 3 aromatic rings. The van der Waals surface area contributed by atoms with Crippen LogP contribution in [0.2, 0.25) is 10.0 Å². The van der Waals surface area contributed by atoms with Gasteiger partial charge in [-0.15, -0.1) is 0 Å². The molecule has 1 aromatic carbocycles. The van der Waals surface area contributed by atoms with Gasteiger partial charge in [0.05, 0.1) is 34.3 Å². The average molecular weight is 309 g/mol. The summed E-state index contributed by atoms with van der Waals surface area (Å²) in [5, 5.41) is 3.89. The van der Waals surface area contributed by atoms with Crippen molar-refractivity contribution in [3.05, 3.63) is 69.1 Å². The smallest absolute Gasteiger partial charge is 0.271 e. The summed E-state index contributed by atoms with van der Waals surface area (Å²) in [7, 11) is 0. The van der Waals surface area contributed by atoms with Crippen LogP contribution in [0.3, 0.4) is 0 Å². The molecule has 2 heterocycles. The van der Waals surface area contributed by atoms with Crippen LogP contribution in [0, 0.1) is 0 Å². The van der Waals surface area contributed by atoms with Crippen LogP contribution in [0.4, 0.5) is 0 Å². The van der Waals surface area contributed by atoms with Gasteiger partial charge in [0, 0.05) is 18.5 Å². The Hall–Kier alpha value is -1.98. The van der Waals surface area contributed by atoms with Crippen molar-refractivity contribution in [2.75, 3.05) is 0 Å². The molecule has 0 amide bonds. The molecule has 0 aliphatic rings.